The molecule has 2 saturated heterocycles. The number of nitrogens with one attached hydrogen (secondary N) is 1. The van der Waals surface area contributed by atoms with Crippen molar-refractivity contribution in [2.24, 2.45) is 0 Å². The number of aryl methyl sites for hydroxylation is 1. The van der Waals surface area contributed by atoms with Crippen LogP contribution in [0, 0.1) is 0 Å². The summed E-state index contributed by atoms with van der Waals surface area (Å²) in [5.74, 6) is 2.77. The van der Waals surface area contributed by atoms with E-state index in [0.717, 1.165) is 25.9 Å². The monoisotopic (exact) mass is 321 g/mol. The zero-order valence-electron chi connectivity index (χ0n) is 13.4. The number of phenols is 1. The summed E-state index contributed by atoms with van der Waals surface area (Å²) in [5, 5.41) is 13.1. The summed E-state index contributed by atoms with van der Waals surface area (Å²) in [6.07, 6.45) is 5.71. The van der Waals surface area contributed by atoms with E-state index in [9.17, 15) is 5.11 Å². The van der Waals surface area contributed by atoms with Gasteiger partial charge in [0.15, 0.2) is 0 Å². The summed E-state index contributed by atoms with van der Waals surface area (Å²) in [7, 11) is 0. The third kappa shape index (κ3) is 4.18. The minimum atomic E-state index is 0.164. The second-order valence-electron chi connectivity index (χ2n) is 6.80. The molecule has 3 rings (SSSR count). The van der Waals surface area contributed by atoms with Crippen molar-refractivity contribution in [3.05, 3.63) is 29.8 Å². The number of hydrogen-bond acceptors (Lipinski definition) is 4. The van der Waals surface area contributed by atoms with Gasteiger partial charge in [-0.1, -0.05) is 12.1 Å². The molecule has 0 radical (unpaired) electrons. The number of rotatable bonds is 5. The van der Waals surface area contributed by atoms with Crippen molar-refractivity contribution < 1.29 is 9.84 Å². The lowest BCUT2D eigenvalue weighted by atomic mass is 9.89. The summed E-state index contributed by atoms with van der Waals surface area (Å²) in [5.41, 5.74) is 1.46. The number of hydrogen-bond donors (Lipinski definition) is 2. The molecule has 3 atom stereocenters. The summed E-state index contributed by atoms with van der Waals surface area (Å²) < 4.78 is 6.09. The van der Waals surface area contributed by atoms with E-state index in [4.69, 9.17) is 4.74 Å². The van der Waals surface area contributed by atoms with Crippen LogP contribution in [0.2, 0.25) is 0 Å². The molecule has 1 aromatic carbocycles. The lowest BCUT2D eigenvalue weighted by molar-refractivity contribution is -0.0712. The van der Waals surface area contributed by atoms with E-state index in [1.807, 2.05) is 23.9 Å². The van der Waals surface area contributed by atoms with Crippen LogP contribution in [0.1, 0.15) is 38.2 Å². The molecule has 2 aliphatic rings. The van der Waals surface area contributed by atoms with Crippen molar-refractivity contribution in [1.29, 1.82) is 0 Å². The standard InChI is InChI=1S/C18H27NO2S/c1-14(2-3-15-4-6-17(20)7-5-15)19-16-8-10-21-18(12-16)9-11-22-13-18/h4-7,14,16,19-20H,2-3,8-13H2,1H3/t14-,16-,18+/m1/s1. The van der Waals surface area contributed by atoms with Crippen molar-refractivity contribution in [2.45, 2.75) is 56.7 Å². The van der Waals surface area contributed by atoms with Crippen LogP contribution in [0.15, 0.2) is 24.3 Å². The predicted molar refractivity (Wildman–Crippen MR) is 92.7 cm³/mol. The molecular formula is C18H27NO2S. The minimum absolute atomic E-state index is 0.164. The maximum Gasteiger partial charge on any atom is 0.115 e. The molecule has 0 bridgehead atoms. The smallest absolute Gasteiger partial charge is 0.115 e. The molecule has 22 heavy (non-hydrogen) atoms. The normalized spacial score (nSPS) is 29.8. The van der Waals surface area contributed by atoms with Crippen molar-refractivity contribution in [1.82, 2.24) is 5.32 Å². The maximum atomic E-state index is 9.33. The van der Waals surface area contributed by atoms with Gasteiger partial charge in [-0.2, -0.15) is 11.8 Å². The van der Waals surface area contributed by atoms with E-state index in [2.05, 4.69) is 12.2 Å². The molecule has 0 saturated carbocycles. The first-order chi connectivity index (χ1) is 10.7. The Hall–Kier alpha value is -0.710. The molecule has 2 aliphatic heterocycles. The fourth-order valence-corrected chi connectivity index (χ4v) is 4.94. The third-order valence-electron chi connectivity index (χ3n) is 4.88. The maximum absolute atomic E-state index is 9.33. The Kier molecular flexibility index (Phi) is 5.32. The van der Waals surface area contributed by atoms with E-state index in [1.54, 1.807) is 12.1 Å². The first kappa shape index (κ1) is 16.2. The Morgan fingerprint density at radius 1 is 1.41 bits per heavy atom. The summed E-state index contributed by atoms with van der Waals surface area (Å²) >= 11 is 2.04. The topological polar surface area (TPSA) is 41.5 Å². The second kappa shape index (κ2) is 7.24. The van der Waals surface area contributed by atoms with Crippen molar-refractivity contribution in [2.75, 3.05) is 18.1 Å². The molecular weight excluding hydrogens is 294 g/mol. The van der Waals surface area contributed by atoms with Gasteiger partial charge in [0.05, 0.1) is 5.60 Å². The van der Waals surface area contributed by atoms with Gasteiger partial charge in [0.25, 0.3) is 0 Å². The van der Waals surface area contributed by atoms with Gasteiger partial charge in [-0.25, -0.2) is 0 Å². The van der Waals surface area contributed by atoms with E-state index < -0.39 is 0 Å². The molecule has 1 spiro atoms. The van der Waals surface area contributed by atoms with Crippen LogP contribution in [0.25, 0.3) is 0 Å². The van der Waals surface area contributed by atoms with Crippen LogP contribution in [0.4, 0.5) is 0 Å². The molecule has 2 heterocycles. The van der Waals surface area contributed by atoms with Gasteiger partial charge >= 0.3 is 0 Å². The Morgan fingerprint density at radius 2 is 2.23 bits per heavy atom. The van der Waals surface area contributed by atoms with Crippen molar-refractivity contribution >= 4 is 11.8 Å². The van der Waals surface area contributed by atoms with Gasteiger partial charge in [-0.05, 0) is 62.5 Å². The molecule has 0 unspecified atom stereocenters. The molecule has 4 heteroatoms. The fraction of sp³-hybridized carbons (Fsp3) is 0.667. The van der Waals surface area contributed by atoms with Gasteiger partial charge in [-0.15, -0.1) is 0 Å². The van der Waals surface area contributed by atoms with Crippen LogP contribution in [-0.4, -0.2) is 40.9 Å². The number of aromatic hydroxyl groups is 1. The van der Waals surface area contributed by atoms with Gasteiger partial charge < -0.3 is 15.2 Å². The lowest BCUT2D eigenvalue weighted by Gasteiger charge is -2.39. The van der Waals surface area contributed by atoms with Gasteiger partial charge in [-0.3, -0.25) is 0 Å². The fourth-order valence-electron chi connectivity index (χ4n) is 3.56. The highest BCUT2D eigenvalue weighted by Crippen LogP contribution is 2.38. The van der Waals surface area contributed by atoms with Gasteiger partial charge in [0, 0.05) is 24.4 Å². The van der Waals surface area contributed by atoms with Crippen LogP contribution < -0.4 is 5.32 Å². The highest BCUT2D eigenvalue weighted by Gasteiger charge is 2.40. The predicted octanol–water partition coefficient (Wildman–Crippen LogP) is 3.36. The van der Waals surface area contributed by atoms with Crippen molar-refractivity contribution in [3.63, 3.8) is 0 Å². The van der Waals surface area contributed by atoms with Gasteiger partial charge in [0.2, 0.25) is 0 Å². The summed E-state index contributed by atoms with van der Waals surface area (Å²) in [4.78, 5) is 0. The molecule has 2 fully saturated rings. The Bertz CT molecular complexity index is 470. The second-order valence-corrected chi connectivity index (χ2v) is 7.90. The largest absolute Gasteiger partial charge is 0.508 e. The van der Waals surface area contributed by atoms with Crippen LogP contribution in [0.3, 0.4) is 0 Å². The summed E-state index contributed by atoms with van der Waals surface area (Å²) in [6, 6.07) is 8.69. The van der Waals surface area contributed by atoms with E-state index in [1.165, 1.54) is 29.9 Å². The Labute approximate surface area is 137 Å². The average Bonchev–Trinajstić information content (AvgIpc) is 2.94. The lowest BCUT2D eigenvalue weighted by Crippen LogP contribution is -2.49. The van der Waals surface area contributed by atoms with Crippen LogP contribution in [0.5, 0.6) is 5.75 Å². The molecule has 122 valence electrons. The Balaban J connectivity index is 1.45. The third-order valence-corrected chi connectivity index (χ3v) is 6.11. The number of phenolic OH excluding ortho intramolecular Hbond substituents is 1. The zero-order chi connectivity index (χ0) is 15.4. The van der Waals surface area contributed by atoms with Crippen LogP contribution in [-0.2, 0) is 11.2 Å². The first-order valence-electron chi connectivity index (χ1n) is 8.41. The number of benzene rings is 1. The molecule has 3 nitrogen and oxygen atoms in total. The summed E-state index contributed by atoms with van der Waals surface area (Å²) in [6.45, 7) is 3.19. The molecule has 2 N–H and O–H groups in total. The van der Waals surface area contributed by atoms with Crippen LogP contribution >= 0.6 is 11.8 Å². The Morgan fingerprint density at radius 3 is 2.95 bits per heavy atom. The zero-order valence-corrected chi connectivity index (χ0v) is 14.2. The molecule has 1 aromatic rings. The highest BCUT2D eigenvalue weighted by atomic mass is 32.2. The quantitative estimate of drug-likeness (QED) is 0.872. The molecule has 0 aromatic heterocycles. The highest BCUT2D eigenvalue weighted by molar-refractivity contribution is 7.99. The first-order valence-corrected chi connectivity index (χ1v) is 9.56. The number of thioether (sulfide) groups is 1. The molecule has 0 aliphatic carbocycles. The van der Waals surface area contributed by atoms with E-state index in [0.29, 0.717) is 17.8 Å². The molecule has 0 amide bonds. The minimum Gasteiger partial charge on any atom is -0.508 e. The van der Waals surface area contributed by atoms with E-state index in [-0.39, 0.29) is 5.60 Å². The van der Waals surface area contributed by atoms with Gasteiger partial charge in [0.1, 0.15) is 5.75 Å². The van der Waals surface area contributed by atoms with E-state index >= 15 is 0 Å². The van der Waals surface area contributed by atoms with Crippen molar-refractivity contribution in [3.8, 4) is 5.75 Å². The number of ether oxygens (including phenoxy) is 1. The average molecular weight is 321 g/mol. The SMILES string of the molecule is C[C@H](CCc1ccc(O)cc1)N[C@@H]1CCO[C@@]2(CCSC2)C1.